The summed E-state index contributed by atoms with van der Waals surface area (Å²) >= 11 is 9.49. The Bertz CT molecular complexity index is 531. The molecule has 0 saturated heterocycles. The van der Waals surface area contributed by atoms with Crippen molar-refractivity contribution in [2.75, 3.05) is 12.4 Å². The number of benzene rings is 1. The average molecular weight is 328 g/mol. The quantitative estimate of drug-likeness (QED) is 0.917. The molecule has 94 valence electrons. The minimum absolute atomic E-state index is 0.612. The molecule has 18 heavy (non-hydrogen) atoms. The topological polar surface area (TPSA) is 34.1 Å². The van der Waals surface area contributed by atoms with Crippen molar-refractivity contribution in [3.05, 3.63) is 51.6 Å². The molecule has 1 heterocycles. The molecule has 0 fully saturated rings. The highest BCUT2D eigenvalue weighted by molar-refractivity contribution is 9.10. The molecule has 0 aliphatic carbocycles. The van der Waals surface area contributed by atoms with Crippen LogP contribution in [0.1, 0.15) is 5.56 Å². The van der Waals surface area contributed by atoms with Gasteiger partial charge in [-0.1, -0.05) is 33.6 Å². The van der Waals surface area contributed by atoms with E-state index in [0.29, 0.717) is 17.4 Å². The fourth-order valence-electron chi connectivity index (χ4n) is 1.47. The summed E-state index contributed by atoms with van der Waals surface area (Å²) in [4.78, 5) is 4.14. The van der Waals surface area contributed by atoms with Crippen molar-refractivity contribution < 1.29 is 4.74 Å². The molecule has 0 unspecified atom stereocenters. The molecule has 0 spiro atoms. The van der Waals surface area contributed by atoms with E-state index in [0.717, 1.165) is 15.7 Å². The standard InChI is InChI=1S/C13H12BrClN2O/c1-18-13-5-2-9(8-17-13)7-16-12-4-3-10(14)6-11(12)15/h2-6,8,16H,7H2,1H3. The Balaban J connectivity index is 2.02. The molecule has 0 aliphatic heterocycles. The van der Waals surface area contributed by atoms with Gasteiger partial charge in [0.15, 0.2) is 0 Å². The summed E-state index contributed by atoms with van der Waals surface area (Å²) in [5.74, 6) is 0.612. The Labute approximate surface area is 119 Å². The van der Waals surface area contributed by atoms with E-state index in [1.807, 2.05) is 30.3 Å². The summed E-state index contributed by atoms with van der Waals surface area (Å²) in [6.45, 7) is 0.665. The summed E-state index contributed by atoms with van der Waals surface area (Å²) in [6, 6.07) is 9.53. The van der Waals surface area contributed by atoms with Crippen molar-refractivity contribution in [1.82, 2.24) is 4.98 Å². The number of methoxy groups -OCH3 is 1. The van der Waals surface area contributed by atoms with E-state index >= 15 is 0 Å². The normalized spacial score (nSPS) is 10.2. The fourth-order valence-corrected chi connectivity index (χ4v) is 2.21. The number of halogens is 2. The van der Waals surface area contributed by atoms with Crippen molar-refractivity contribution in [1.29, 1.82) is 0 Å². The van der Waals surface area contributed by atoms with E-state index < -0.39 is 0 Å². The second-order valence-corrected chi connectivity index (χ2v) is 5.01. The van der Waals surface area contributed by atoms with Crippen LogP contribution in [-0.4, -0.2) is 12.1 Å². The smallest absolute Gasteiger partial charge is 0.212 e. The van der Waals surface area contributed by atoms with Gasteiger partial charge in [-0.2, -0.15) is 0 Å². The van der Waals surface area contributed by atoms with Gasteiger partial charge in [-0.3, -0.25) is 0 Å². The molecular formula is C13H12BrClN2O. The zero-order valence-electron chi connectivity index (χ0n) is 9.78. The number of ether oxygens (including phenoxy) is 1. The lowest BCUT2D eigenvalue weighted by Crippen LogP contribution is -2.00. The number of nitrogens with one attached hydrogen (secondary N) is 1. The van der Waals surface area contributed by atoms with Gasteiger partial charge in [0.25, 0.3) is 0 Å². The molecule has 1 aromatic carbocycles. The van der Waals surface area contributed by atoms with E-state index in [1.54, 1.807) is 13.3 Å². The first-order chi connectivity index (χ1) is 8.69. The molecule has 0 radical (unpaired) electrons. The van der Waals surface area contributed by atoms with Crippen LogP contribution in [0.5, 0.6) is 5.88 Å². The van der Waals surface area contributed by atoms with Crippen molar-refractivity contribution >= 4 is 33.2 Å². The van der Waals surface area contributed by atoms with Crippen molar-refractivity contribution in [2.24, 2.45) is 0 Å². The molecule has 0 saturated carbocycles. The summed E-state index contributed by atoms with van der Waals surface area (Å²) in [5.41, 5.74) is 1.96. The average Bonchev–Trinajstić information content (AvgIpc) is 2.38. The second kappa shape index (κ2) is 6.07. The van der Waals surface area contributed by atoms with E-state index in [1.165, 1.54) is 0 Å². The van der Waals surface area contributed by atoms with Gasteiger partial charge in [0.05, 0.1) is 17.8 Å². The van der Waals surface area contributed by atoms with Crippen LogP contribution in [0, 0.1) is 0 Å². The maximum Gasteiger partial charge on any atom is 0.212 e. The summed E-state index contributed by atoms with van der Waals surface area (Å²) in [6.07, 6.45) is 1.78. The molecule has 2 aromatic rings. The van der Waals surface area contributed by atoms with Crippen LogP contribution in [0.15, 0.2) is 41.0 Å². The first-order valence-electron chi connectivity index (χ1n) is 5.37. The highest BCUT2D eigenvalue weighted by Crippen LogP contribution is 2.26. The van der Waals surface area contributed by atoms with E-state index in [2.05, 4.69) is 26.2 Å². The molecule has 5 heteroatoms. The first-order valence-corrected chi connectivity index (χ1v) is 6.54. The van der Waals surface area contributed by atoms with Crippen LogP contribution in [0.2, 0.25) is 5.02 Å². The maximum atomic E-state index is 6.12. The monoisotopic (exact) mass is 326 g/mol. The van der Waals surface area contributed by atoms with Crippen LogP contribution in [0.4, 0.5) is 5.69 Å². The Kier molecular flexibility index (Phi) is 4.44. The van der Waals surface area contributed by atoms with Crippen LogP contribution in [-0.2, 0) is 6.54 Å². The lowest BCUT2D eigenvalue weighted by atomic mass is 10.2. The fraction of sp³-hybridized carbons (Fsp3) is 0.154. The SMILES string of the molecule is COc1ccc(CNc2ccc(Br)cc2Cl)cn1. The van der Waals surface area contributed by atoms with Gasteiger partial charge in [-0.15, -0.1) is 0 Å². The zero-order chi connectivity index (χ0) is 13.0. The number of hydrogen-bond acceptors (Lipinski definition) is 3. The van der Waals surface area contributed by atoms with Gasteiger partial charge < -0.3 is 10.1 Å². The number of anilines is 1. The highest BCUT2D eigenvalue weighted by atomic mass is 79.9. The van der Waals surface area contributed by atoms with Crippen molar-refractivity contribution in [2.45, 2.75) is 6.54 Å². The molecule has 0 amide bonds. The van der Waals surface area contributed by atoms with E-state index in [9.17, 15) is 0 Å². The Morgan fingerprint density at radius 2 is 2.17 bits per heavy atom. The number of pyridine rings is 1. The van der Waals surface area contributed by atoms with Gasteiger partial charge in [0, 0.05) is 23.3 Å². The zero-order valence-corrected chi connectivity index (χ0v) is 12.1. The third kappa shape index (κ3) is 3.37. The third-order valence-corrected chi connectivity index (χ3v) is 3.23. The predicted molar refractivity (Wildman–Crippen MR) is 77.3 cm³/mol. The number of nitrogens with zero attached hydrogens (tertiary/aromatic N) is 1. The minimum Gasteiger partial charge on any atom is -0.481 e. The molecule has 3 nitrogen and oxygen atoms in total. The lowest BCUT2D eigenvalue weighted by molar-refractivity contribution is 0.397. The molecule has 1 N–H and O–H groups in total. The minimum atomic E-state index is 0.612. The number of aromatic nitrogens is 1. The Morgan fingerprint density at radius 3 is 2.78 bits per heavy atom. The van der Waals surface area contributed by atoms with Gasteiger partial charge in [-0.05, 0) is 23.8 Å². The molecule has 0 bridgehead atoms. The van der Waals surface area contributed by atoms with Crippen LogP contribution >= 0.6 is 27.5 Å². The summed E-state index contributed by atoms with van der Waals surface area (Å²) in [5, 5.41) is 3.95. The van der Waals surface area contributed by atoms with Gasteiger partial charge in [-0.25, -0.2) is 4.98 Å². The third-order valence-electron chi connectivity index (χ3n) is 2.42. The van der Waals surface area contributed by atoms with E-state index in [4.69, 9.17) is 16.3 Å². The van der Waals surface area contributed by atoms with Gasteiger partial charge in [0.2, 0.25) is 5.88 Å². The number of rotatable bonds is 4. The molecular weight excluding hydrogens is 316 g/mol. The van der Waals surface area contributed by atoms with Gasteiger partial charge in [0.1, 0.15) is 0 Å². The summed E-state index contributed by atoms with van der Waals surface area (Å²) in [7, 11) is 1.60. The largest absolute Gasteiger partial charge is 0.481 e. The van der Waals surface area contributed by atoms with Crippen molar-refractivity contribution in [3.8, 4) is 5.88 Å². The lowest BCUT2D eigenvalue weighted by Gasteiger charge is -2.09. The maximum absolute atomic E-state index is 6.12. The van der Waals surface area contributed by atoms with Crippen LogP contribution in [0.3, 0.4) is 0 Å². The molecule has 1 aromatic heterocycles. The van der Waals surface area contributed by atoms with Crippen molar-refractivity contribution in [3.63, 3.8) is 0 Å². The molecule has 2 rings (SSSR count). The molecule has 0 aliphatic rings. The highest BCUT2D eigenvalue weighted by Gasteiger charge is 2.01. The second-order valence-electron chi connectivity index (χ2n) is 3.69. The van der Waals surface area contributed by atoms with Gasteiger partial charge >= 0.3 is 0 Å². The van der Waals surface area contributed by atoms with Crippen LogP contribution in [0.25, 0.3) is 0 Å². The first kappa shape index (κ1) is 13.2. The summed E-state index contributed by atoms with van der Waals surface area (Å²) < 4.78 is 5.97. The number of hydrogen-bond donors (Lipinski definition) is 1. The Morgan fingerprint density at radius 1 is 1.33 bits per heavy atom. The molecule has 0 atom stereocenters. The predicted octanol–water partition coefficient (Wildman–Crippen LogP) is 4.12. The van der Waals surface area contributed by atoms with Crippen LogP contribution < -0.4 is 10.1 Å². The Hall–Kier alpha value is -1.26. The van der Waals surface area contributed by atoms with E-state index in [-0.39, 0.29) is 0 Å².